The summed E-state index contributed by atoms with van der Waals surface area (Å²) in [5.41, 5.74) is -0.425. The van der Waals surface area contributed by atoms with Gasteiger partial charge in [0.1, 0.15) is 5.60 Å². The summed E-state index contributed by atoms with van der Waals surface area (Å²) in [7, 11) is 1.86. The van der Waals surface area contributed by atoms with E-state index < -0.39 is 5.60 Å². The van der Waals surface area contributed by atoms with Gasteiger partial charge in [0.25, 0.3) is 0 Å². The van der Waals surface area contributed by atoms with Crippen molar-refractivity contribution in [2.45, 2.75) is 51.7 Å². The Labute approximate surface area is 128 Å². The van der Waals surface area contributed by atoms with Crippen molar-refractivity contribution in [1.29, 1.82) is 0 Å². The summed E-state index contributed by atoms with van der Waals surface area (Å²) in [6.07, 6.45) is 3.17. The lowest BCUT2D eigenvalue weighted by atomic mass is 10.00. The lowest BCUT2D eigenvalue weighted by Crippen LogP contribution is -2.42. The maximum absolute atomic E-state index is 12.1. The first-order chi connectivity index (χ1) is 9.85. The van der Waals surface area contributed by atoms with Crippen molar-refractivity contribution in [3.63, 3.8) is 0 Å². The van der Waals surface area contributed by atoms with E-state index in [-0.39, 0.29) is 12.1 Å². The van der Waals surface area contributed by atoms with Crippen LogP contribution in [0.2, 0.25) is 0 Å². The summed E-state index contributed by atoms with van der Waals surface area (Å²) < 4.78 is 10.9. The first-order valence-corrected chi connectivity index (χ1v) is 8.11. The molecule has 0 aromatic heterocycles. The van der Waals surface area contributed by atoms with E-state index in [2.05, 4.69) is 4.90 Å². The quantitative estimate of drug-likeness (QED) is 0.802. The Bertz CT molecular complexity index is 348. The monoisotopic (exact) mass is 298 g/mol. The van der Waals surface area contributed by atoms with Crippen molar-refractivity contribution in [2.75, 3.05) is 39.9 Å². The third kappa shape index (κ3) is 5.15. The van der Waals surface area contributed by atoms with Gasteiger partial charge >= 0.3 is 6.09 Å². The smallest absolute Gasteiger partial charge is 0.410 e. The zero-order chi connectivity index (χ0) is 15.5. The summed E-state index contributed by atoms with van der Waals surface area (Å²) in [5.74, 6) is 0.754. The van der Waals surface area contributed by atoms with Crippen LogP contribution >= 0.6 is 0 Å². The van der Waals surface area contributed by atoms with E-state index in [1.807, 2.05) is 27.8 Å². The van der Waals surface area contributed by atoms with E-state index >= 15 is 0 Å². The molecule has 1 atom stereocenters. The second kappa shape index (κ2) is 6.97. The highest BCUT2D eigenvalue weighted by atomic mass is 16.6. The Kier molecular flexibility index (Phi) is 5.49. The standard InChI is InChI=1S/C16H30N2O3/c1-16(2,3)21-15(19)17(4)14-5-8-18(12-14)11-13-6-9-20-10-7-13/h13-14H,5-12H2,1-4H3/t14-/m1/s1. The molecule has 0 unspecified atom stereocenters. The molecule has 2 rings (SSSR count). The van der Waals surface area contributed by atoms with Gasteiger partial charge in [0.2, 0.25) is 0 Å². The van der Waals surface area contributed by atoms with Gasteiger partial charge in [0.15, 0.2) is 0 Å². The van der Waals surface area contributed by atoms with Gasteiger partial charge in [0, 0.05) is 45.9 Å². The zero-order valence-corrected chi connectivity index (χ0v) is 13.9. The average Bonchev–Trinajstić information content (AvgIpc) is 2.85. The lowest BCUT2D eigenvalue weighted by Gasteiger charge is -2.30. The molecule has 2 aliphatic rings. The van der Waals surface area contributed by atoms with Crippen molar-refractivity contribution in [3.05, 3.63) is 0 Å². The van der Waals surface area contributed by atoms with E-state index in [0.29, 0.717) is 0 Å². The minimum absolute atomic E-state index is 0.208. The minimum atomic E-state index is -0.425. The van der Waals surface area contributed by atoms with Crippen molar-refractivity contribution < 1.29 is 14.3 Å². The summed E-state index contributed by atoms with van der Waals surface area (Å²) in [6.45, 7) is 10.7. The largest absolute Gasteiger partial charge is 0.444 e. The van der Waals surface area contributed by atoms with Crippen LogP contribution in [0.15, 0.2) is 0 Å². The van der Waals surface area contributed by atoms with E-state index in [1.165, 1.54) is 12.8 Å². The normalized spacial score (nSPS) is 25.0. The van der Waals surface area contributed by atoms with E-state index in [1.54, 1.807) is 4.90 Å². The highest BCUT2D eigenvalue weighted by Crippen LogP contribution is 2.22. The molecule has 0 bridgehead atoms. The molecule has 2 saturated heterocycles. The summed E-state index contributed by atoms with van der Waals surface area (Å²) in [6, 6.07) is 0.277. The number of carbonyl (C=O) groups is 1. The van der Waals surface area contributed by atoms with Gasteiger partial charge in [-0.1, -0.05) is 0 Å². The van der Waals surface area contributed by atoms with Gasteiger partial charge in [-0.15, -0.1) is 0 Å². The molecule has 0 N–H and O–H groups in total. The Hall–Kier alpha value is -0.810. The number of ether oxygens (including phenoxy) is 2. The molecule has 5 heteroatoms. The third-order valence-electron chi connectivity index (χ3n) is 4.33. The molecular weight excluding hydrogens is 268 g/mol. The van der Waals surface area contributed by atoms with Crippen LogP contribution in [0.25, 0.3) is 0 Å². The SMILES string of the molecule is CN(C(=O)OC(C)(C)C)[C@@H]1CCN(CC2CCOCC2)C1. The molecule has 0 aromatic carbocycles. The molecule has 2 heterocycles. The molecule has 2 aliphatic heterocycles. The van der Waals surface area contributed by atoms with E-state index in [9.17, 15) is 4.79 Å². The van der Waals surface area contributed by atoms with Gasteiger partial charge in [-0.05, 0) is 46.0 Å². The summed E-state index contributed by atoms with van der Waals surface area (Å²) in [4.78, 5) is 16.4. The fourth-order valence-electron chi connectivity index (χ4n) is 3.07. The van der Waals surface area contributed by atoms with Crippen LogP contribution in [0.1, 0.15) is 40.0 Å². The number of carbonyl (C=O) groups excluding carboxylic acids is 1. The maximum atomic E-state index is 12.1. The number of hydrogen-bond acceptors (Lipinski definition) is 4. The Morgan fingerprint density at radius 2 is 1.95 bits per heavy atom. The number of nitrogens with zero attached hydrogens (tertiary/aromatic N) is 2. The fraction of sp³-hybridized carbons (Fsp3) is 0.938. The number of amides is 1. The molecule has 0 spiro atoms. The van der Waals surface area contributed by atoms with Crippen molar-refractivity contribution in [2.24, 2.45) is 5.92 Å². The van der Waals surface area contributed by atoms with Crippen LogP contribution in [0, 0.1) is 5.92 Å². The molecule has 1 amide bonds. The molecule has 21 heavy (non-hydrogen) atoms. The highest BCUT2D eigenvalue weighted by Gasteiger charge is 2.31. The third-order valence-corrected chi connectivity index (χ3v) is 4.33. The van der Waals surface area contributed by atoms with Crippen molar-refractivity contribution >= 4 is 6.09 Å². The van der Waals surface area contributed by atoms with E-state index in [4.69, 9.17) is 9.47 Å². The first kappa shape index (κ1) is 16.6. The van der Waals surface area contributed by atoms with Crippen LogP contribution in [-0.2, 0) is 9.47 Å². The maximum Gasteiger partial charge on any atom is 0.410 e. The molecule has 0 radical (unpaired) electrons. The van der Waals surface area contributed by atoms with Gasteiger partial charge < -0.3 is 19.3 Å². The number of likely N-dealkylation sites (N-methyl/N-ethyl adjacent to an activating group) is 1. The molecule has 0 saturated carbocycles. The van der Waals surface area contributed by atoms with Gasteiger partial charge in [0.05, 0.1) is 0 Å². The van der Waals surface area contributed by atoms with Crippen LogP contribution in [-0.4, -0.2) is 67.4 Å². The van der Waals surface area contributed by atoms with Crippen molar-refractivity contribution in [3.8, 4) is 0 Å². The second-order valence-corrected chi connectivity index (χ2v) is 7.35. The first-order valence-electron chi connectivity index (χ1n) is 8.11. The molecule has 0 aliphatic carbocycles. The van der Waals surface area contributed by atoms with Crippen LogP contribution < -0.4 is 0 Å². The molecule has 2 fully saturated rings. The van der Waals surface area contributed by atoms with Crippen LogP contribution in [0.4, 0.5) is 4.79 Å². The number of likely N-dealkylation sites (tertiary alicyclic amines) is 1. The van der Waals surface area contributed by atoms with Gasteiger partial charge in [-0.25, -0.2) is 4.79 Å². The molecule has 0 aromatic rings. The predicted molar refractivity (Wildman–Crippen MR) is 82.4 cm³/mol. The molecule has 5 nitrogen and oxygen atoms in total. The average molecular weight is 298 g/mol. The van der Waals surface area contributed by atoms with Crippen LogP contribution in [0.5, 0.6) is 0 Å². The van der Waals surface area contributed by atoms with Crippen LogP contribution in [0.3, 0.4) is 0 Å². The molecule has 122 valence electrons. The summed E-state index contributed by atoms with van der Waals surface area (Å²) in [5, 5.41) is 0. The Morgan fingerprint density at radius 1 is 1.29 bits per heavy atom. The Balaban J connectivity index is 1.77. The zero-order valence-electron chi connectivity index (χ0n) is 13.9. The molecular formula is C16H30N2O3. The topological polar surface area (TPSA) is 42.0 Å². The van der Waals surface area contributed by atoms with Crippen molar-refractivity contribution in [1.82, 2.24) is 9.80 Å². The second-order valence-electron chi connectivity index (χ2n) is 7.35. The highest BCUT2D eigenvalue weighted by molar-refractivity contribution is 5.68. The summed E-state index contributed by atoms with van der Waals surface area (Å²) >= 11 is 0. The lowest BCUT2D eigenvalue weighted by molar-refractivity contribution is 0.0223. The Morgan fingerprint density at radius 3 is 2.57 bits per heavy atom. The van der Waals surface area contributed by atoms with Gasteiger partial charge in [-0.2, -0.15) is 0 Å². The van der Waals surface area contributed by atoms with Gasteiger partial charge in [-0.3, -0.25) is 0 Å². The number of rotatable bonds is 3. The van der Waals surface area contributed by atoms with E-state index in [0.717, 1.165) is 45.2 Å². The predicted octanol–water partition coefficient (Wildman–Crippen LogP) is 2.35. The minimum Gasteiger partial charge on any atom is -0.444 e. The number of hydrogen-bond donors (Lipinski definition) is 0. The fourth-order valence-corrected chi connectivity index (χ4v) is 3.07.